The summed E-state index contributed by atoms with van der Waals surface area (Å²) in [5, 5.41) is 10.8. The minimum absolute atomic E-state index is 0.0542. The molecule has 1 aliphatic heterocycles. The second kappa shape index (κ2) is 8.49. The van der Waals surface area contributed by atoms with Gasteiger partial charge in [0.05, 0.1) is 19.1 Å². The molecule has 3 rings (SSSR count). The lowest BCUT2D eigenvalue weighted by atomic mass is 10.0. The number of carboxylic acids is 1. The van der Waals surface area contributed by atoms with Crippen LogP contribution in [0, 0.1) is 0 Å². The number of β-lactam (4-membered cyclic amide) rings is 1. The molecular weight excluding hydrogens is 334 g/mol. The van der Waals surface area contributed by atoms with Crippen molar-refractivity contribution in [3.8, 4) is 5.75 Å². The molecule has 1 heterocycles. The van der Waals surface area contributed by atoms with E-state index in [0.29, 0.717) is 19.6 Å². The average molecular weight is 355 g/mol. The zero-order valence-electron chi connectivity index (χ0n) is 14.3. The summed E-state index contributed by atoms with van der Waals surface area (Å²) >= 11 is 0. The Labute approximate surface area is 151 Å². The summed E-state index contributed by atoms with van der Waals surface area (Å²) < 4.78 is 10.8. The molecule has 0 bridgehead atoms. The van der Waals surface area contributed by atoms with Gasteiger partial charge in [0.2, 0.25) is 5.91 Å². The molecule has 0 unspecified atom stereocenters. The largest absolute Gasteiger partial charge is 0.491 e. The number of hydrogen-bond donors (Lipinski definition) is 1. The summed E-state index contributed by atoms with van der Waals surface area (Å²) in [6.45, 7) is 0.816. The van der Waals surface area contributed by atoms with Gasteiger partial charge in [-0.15, -0.1) is 0 Å². The molecule has 2 aromatic carbocycles. The number of fused-ring (bicyclic) bond motifs is 1. The summed E-state index contributed by atoms with van der Waals surface area (Å²) in [5.74, 6) is -0.115. The number of carbonyl (C=O) groups excluding carboxylic acids is 1. The van der Waals surface area contributed by atoms with Gasteiger partial charge in [-0.2, -0.15) is 0 Å². The maximum atomic E-state index is 11.8. The Morgan fingerprint density at radius 2 is 2.00 bits per heavy atom. The van der Waals surface area contributed by atoms with E-state index in [2.05, 4.69) is 6.07 Å². The number of aliphatic carboxylic acids is 1. The van der Waals surface area contributed by atoms with E-state index in [-0.39, 0.29) is 25.2 Å². The van der Waals surface area contributed by atoms with Crippen LogP contribution in [0.25, 0.3) is 10.8 Å². The van der Waals surface area contributed by atoms with Crippen LogP contribution in [-0.2, 0) is 14.3 Å². The van der Waals surface area contributed by atoms with Crippen molar-refractivity contribution in [2.45, 2.75) is 12.5 Å². The molecule has 1 atom stereocenters. The van der Waals surface area contributed by atoms with Crippen molar-refractivity contribution in [2.75, 3.05) is 26.4 Å². The number of hydrogen-bond acceptors (Lipinski definition) is 4. The fourth-order valence-electron chi connectivity index (χ4n) is 2.84. The Morgan fingerprint density at radius 1 is 1.19 bits per heavy atom. The van der Waals surface area contributed by atoms with Crippen LogP contribution in [-0.4, -0.2) is 54.3 Å². The third-order valence-corrected chi connectivity index (χ3v) is 4.24. The normalized spacial score (nSPS) is 16.8. The van der Waals surface area contributed by atoms with Crippen LogP contribution in [0.15, 0.2) is 54.6 Å². The molecule has 136 valence electrons. The molecule has 0 radical (unpaired) electrons. The van der Waals surface area contributed by atoms with Crippen LogP contribution in [0.2, 0.25) is 0 Å². The molecule has 0 aliphatic carbocycles. The maximum Gasteiger partial charge on any atom is 0.329 e. The Balaban J connectivity index is 1.46. The number of rotatable bonds is 9. The lowest BCUT2D eigenvalue weighted by Crippen LogP contribution is -2.55. The predicted molar refractivity (Wildman–Crippen MR) is 97.2 cm³/mol. The topological polar surface area (TPSA) is 76.1 Å². The van der Waals surface area contributed by atoms with Crippen molar-refractivity contribution in [1.29, 1.82) is 0 Å². The van der Waals surface area contributed by atoms with Gasteiger partial charge < -0.3 is 19.5 Å². The Hall–Kier alpha value is -2.86. The quantitative estimate of drug-likeness (QED) is 0.425. The number of carbonyl (C=O) groups is 2. The van der Waals surface area contributed by atoms with E-state index in [0.717, 1.165) is 16.5 Å². The summed E-state index contributed by atoms with van der Waals surface area (Å²) in [6.07, 6.45) is 4.01. The Kier molecular flexibility index (Phi) is 5.86. The molecule has 2 aromatic rings. The van der Waals surface area contributed by atoms with E-state index in [9.17, 15) is 9.59 Å². The van der Waals surface area contributed by atoms with Crippen molar-refractivity contribution in [1.82, 2.24) is 4.90 Å². The van der Waals surface area contributed by atoms with Gasteiger partial charge >= 0.3 is 5.97 Å². The van der Waals surface area contributed by atoms with E-state index in [1.54, 1.807) is 11.0 Å². The minimum Gasteiger partial charge on any atom is -0.491 e. The Bertz CT molecular complexity index is 817. The molecule has 6 heteroatoms. The first-order valence-corrected chi connectivity index (χ1v) is 8.49. The van der Waals surface area contributed by atoms with Crippen LogP contribution in [0.3, 0.4) is 0 Å². The molecule has 1 fully saturated rings. The first-order valence-electron chi connectivity index (χ1n) is 8.49. The number of ether oxygens (including phenoxy) is 2. The third-order valence-electron chi connectivity index (χ3n) is 4.24. The highest BCUT2D eigenvalue weighted by atomic mass is 16.5. The average Bonchev–Trinajstić information content (AvgIpc) is 2.63. The predicted octanol–water partition coefficient (Wildman–Crippen LogP) is 2.48. The summed E-state index contributed by atoms with van der Waals surface area (Å²) in [6, 6.07) is 14.1. The molecule has 6 nitrogen and oxygen atoms in total. The lowest BCUT2D eigenvalue weighted by molar-refractivity contribution is -0.146. The van der Waals surface area contributed by atoms with Gasteiger partial charge in [0.25, 0.3) is 0 Å². The summed E-state index contributed by atoms with van der Waals surface area (Å²) in [4.78, 5) is 23.8. The second-order valence-corrected chi connectivity index (χ2v) is 6.10. The first kappa shape index (κ1) is 17.9. The summed E-state index contributed by atoms with van der Waals surface area (Å²) in [5.41, 5.74) is 0. The number of benzene rings is 2. The molecule has 1 saturated heterocycles. The van der Waals surface area contributed by atoms with Crippen LogP contribution in [0.1, 0.15) is 6.42 Å². The number of carboxylic acid groups (broad SMARTS) is 1. The van der Waals surface area contributed by atoms with Crippen molar-refractivity contribution < 1.29 is 24.2 Å². The standard InChI is InChI=1S/C20H21NO5/c22-19-12-17(21(19)9-3-4-10-25-14-20(23)24)13-26-18-8-7-15-5-1-2-6-16(15)11-18/h1-8,11,17H,9-10,12-14H2,(H,23,24)/b4-3-/t17-/m1/s1. The smallest absolute Gasteiger partial charge is 0.329 e. The van der Waals surface area contributed by atoms with E-state index < -0.39 is 5.97 Å². The second-order valence-electron chi connectivity index (χ2n) is 6.10. The van der Waals surface area contributed by atoms with Gasteiger partial charge in [-0.05, 0) is 22.9 Å². The van der Waals surface area contributed by atoms with E-state index >= 15 is 0 Å². The van der Waals surface area contributed by atoms with Gasteiger partial charge in [-0.25, -0.2) is 4.79 Å². The van der Waals surface area contributed by atoms with Crippen molar-refractivity contribution >= 4 is 22.6 Å². The maximum absolute atomic E-state index is 11.8. The number of nitrogens with zero attached hydrogens (tertiary/aromatic N) is 1. The van der Waals surface area contributed by atoms with Crippen LogP contribution >= 0.6 is 0 Å². The third kappa shape index (κ3) is 4.61. The van der Waals surface area contributed by atoms with E-state index in [1.165, 1.54) is 0 Å². The zero-order chi connectivity index (χ0) is 18.4. The van der Waals surface area contributed by atoms with Crippen molar-refractivity contribution in [2.24, 2.45) is 0 Å². The molecule has 0 saturated carbocycles. The van der Waals surface area contributed by atoms with Gasteiger partial charge in [-0.3, -0.25) is 4.79 Å². The molecule has 0 aromatic heterocycles. The molecule has 1 amide bonds. The SMILES string of the molecule is O=C(O)COC/C=C\CN1C(=O)C[C@@H]1COc1ccc2ccccc2c1. The van der Waals surface area contributed by atoms with Crippen LogP contribution < -0.4 is 4.74 Å². The van der Waals surface area contributed by atoms with Gasteiger partial charge in [0.15, 0.2) is 0 Å². The fourth-order valence-corrected chi connectivity index (χ4v) is 2.84. The lowest BCUT2D eigenvalue weighted by Gasteiger charge is -2.39. The zero-order valence-corrected chi connectivity index (χ0v) is 14.3. The highest BCUT2D eigenvalue weighted by molar-refractivity contribution is 5.84. The van der Waals surface area contributed by atoms with Crippen LogP contribution in [0.5, 0.6) is 5.75 Å². The molecule has 1 N–H and O–H groups in total. The van der Waals surface area contributed by atoms with Gasteiger partial charge in [-0.1, -0.05) is 42.5 Å². The fraction of sp³-hybridized carbons (Fsp3) is 0.300. The number of likely N-dealkylation sites (tertiary alicyclic amines) is 1. The van der Waals surface area contributed by atoms with E-state index in [4.69, 9.17) is 14.6 Å². The summed E-state index contributed by atoms with van der Waals surface area (Å²) in [7, 11) is 0. The monoisotopic (exact) mass is 355 g/mol. The van der Waals surface area contributed by atoms with Crippen molar-refractivity contribution in [3.05, 3.63) is 54.6 Å². The number of amides is 1. The molecular formula is C20H21NO5. The first-order chi connectivity index (χ1) is 12.6. The highest BCUT2D eigenvalue weighted by Gasteiger charge is 2.35. The van der Waals surface area contributed by atoms with Crippen LogP contribution in [0.4, 0.5) is 0 Å². The highest BCUT2D eigenvalue weighted by Crippen LogP contribution is 2.23. The molecule has 1 aliphatic rings. The molecule has 0 spiro atoms. The van der Waals surface area contributed by atoms with Gasteiger partial charge in [0, 0.05) is 6.54 Å². The van der Waals surface area contributed by atoms with Gasteiger partial charge in [0.1, 0.15) is 19.0 Å². The minimum atomic E-state index is -0.998. The molecule has 26 heavy (non-hydrogen) atoms. The van der Waals surface area contributed by atoms with E-state index in [1.807, 2.05) is 42.5 Å². The Morgan fingerprint density at radius 3 is 2.77 bits per heavy atom. The van der Waals surface area contributed by atoms with Crippen molar-refractivity contribution in [3.63, 3.8) is 0 Å².